The van der Waals surface area contributed by atoms with E-state index in [9.17, 15) is 9.59 Å². The van der Waals surface area contributed by atoms with Crippen LogP contribution in [-0.2, 0) is 19.1 Å². The summed E-state index contributed by atoms with van der Waals surface area (Å²) in [5.41, 5.74) is -0.514. The van der Waals surface area contributed by atoms with E-state index in [4.69, 9.17) is 9.47 Å². The lowest BCUT2D eigenvalue weighted by molar-refractivity contribution is -0.147. The van der Waals surface area contributed by atoms with Crippen molar-refractivity contribution < 1.29 is 19.1 Å². The molecular weight excluding hydrogens is 284 g/mol. The van der Waals surface area contributed by atoms with Crippen LogP contribution in [-0.4, -0.2) is 50.3 Å². The lowest BCUT2D eigenvalue weighted by Crippen LogP contribution is -2.39. The highest BCUT2D eigenvalue weighted by molar-refractivity contribution is 5.71. The summed E-state index contributed by atoms with van der Waals surface area (Å²) in [4.78, 5) is 23.2. The van der Waals surface area contributed by atoms with Gasteiger partial charge in [0.05, 0.1) is 26.1 Å². The third kappa shape index (κ3) is 10.6. The second-order valence-corrected chi connectivity index (χ2v) is 6.77. The molecule has 6 heteroatoms. The summed E-state index contributed by atoms with van der Waals surface area (Å²) in [7, 11) is 3.63. The van der Waals surface area contributed by atoms with Gasteiger partial charge in [0, 0.05) is 11.1 Å². The Morgan fingerprint density at radius 1 is 0.773 bits per heavy atom. The Kier molecular flexibility index (Phi) is 9.28. The van der Waals surface area contributed by atoms with Crippen LogP contribution in [0, 0.1) is 0 Å². The highest BCUT2D eigenvalue weighted by atomic mass is 16.5. The zero-order valence-corrected chi connectivity index (χ0v) is 14.9. The maximum Gasteiger partial charge on any atom is 0.307 e. The summed E-state index contributed by atoms with van der Waals surface area (Å²) in [5.74, 6) is -0.431. The van der Waals surface area contributed by atoms with E-state index in [0.29, 0.717) is 38.9 Å². The van der Waals surface area contributed by atoms with Crippen molar-refractivity contribution >= 4 is 11.9 Å². The van der Waals surface area contributed by atoms with Crippen LogP contribution in [0.25, 0.3) is 0 Å². The van der Waals surface area contributed by atoms with Crippen LogP contribution in [0.15, 0.2) is 0 Å². The lowest BCUT2D eigenvalue weighted by atomic mass is 10.0. The molecule has 0 aliphatic rings. The van der Waals surface area contributed by atoms with Crippen molar-refractivity contribution in [2.45, 2.75) is 64.5 Å². The van der Waals surface area contributed by atoms with E-state index < -0.39 is 0 Å². The zero-order valence-electron chi connectivity index (χ0n) is 14.9. The highest BCUT2D eigenvalue weighted by Gasteiger charge is 2.21. The minimum absolute atomic E-state index is 0.216. The summed E-state index contributed by atoms with van der Waals surface area (Å²) in [6.07, 6.45) is 2.04. The molecule has 0 saturated carbocycles. The topological polar surface area (TPSA) is 76.7 Å². The number of hydrogen-bond donors (Lipinski definition) is 2. The van der Waals surface area contributed by atoms with Crippen LogP contribution in [0.2, 0.25) is 0 Å². The van der Waals surface area contributed by atoms with Gasteiger partial charge in [-0.3, -0.25) is 9.59 Å². The maximum absolute atomic E-state index is 11.6. The van der Waals surface area contributed by atoms with Crippen LogP contribution >= 0.6 is 0 Å². The Bertz CT molecular complexity index is 320. The largest absolute Gasteiger partial charge is 0.466 e. The van der Waals surface area contributed by atoms with Crippen LogP contribution < -0.4 is 10.6 Å². The minimum atomic E-state index is -0.257. The number of unbranched alkanes of at least 4 members (excludes halogenated alkanes) is 1. The molecule has 0 aromatic heterocycles. The molecule has 2 N–H and O–H groups in total. The standard InChI is InChI=1S/C16H32N2O4/c1-15(2,17-5)11-13(19)21-9-7-8-10-22-14(20)12-16(3,4)18-6/h17-18H,7-12H2,1-6H3. The first kappa shape index (κ1) is 20.9. The van der Waals surface area contributed by atoms with Crippen molar-refractivity contribution in [3.63, 3.8) is 0 Å². The number of nitrogens with one attached hydrogen (secondary N) is 2. The summed E-state index contributed by atoms with van der Waals surface area (Å²) in [5, 5.41) is 6.11. The van der Waals surface area contributed by atoms with E-state index in [0.717, 1.165) is 0 Å². The van der Waals surface area contributed by atoms with Gasteiger partial charge in [-0.05, 0) is 54.6 Å². The van der Waals surface area contributed by atoms with Crippen LogP contribution in [0.5, 0.6) is 0 Å². The van der Waals surface area contributed by atoms with Crippen LogP contribution in [0.1, 0.15) is 53.4 Å². The second-order valence-electron chi connectivity index (χ2n) is 6.77. The molecule has 0 aromatic rings. The number of esters is 2. The summed E-state index contributed by atoms with van der Waals surface area (Å²) in [6, 6.07) is 0. The number of carbonyl (C=O) groups is 2. The number of hydrogen-bond acceptors (Lipinski definition) is 6. The Morgan fingerprint density at radius 2 is 1.09 bits per heavy atom. The number of rotatable bonds is 11. The Hall–Kier alpha value is -1.14. The highest BCUT2D eigenvalue weighted by Crippen LogP contribution is 2.09. The minimum Gasteiger partial charge on any atom is -0.466 e. The SMILES string of the molecule is CNC(C)(C)CC(=O)OCCCCOC(=O)CC(C)(C)NC. The molecule has 0 saturated heterocycles. The molecule has 0 aliphatic heterocycles. The first-order valence-corrected chi connectivity index (χ1v) is 7.81. The molecule has 0 aromatic carbocycles. The average molecular weight is 316 g/mol. The lowest BCUT2D eigenvalue weighted by Gasteiger charge is -2.22. The molecule has 0 unspecified atom stereocenters. The van der Waals surface area contributed by atoms with Crippen LogP contribution in [0.4, 0.5) is 0 Å². The van der Waals surface area contributed by atoms with Gasteiger partial charge in [-0.15, -0.1) is 0 Å². The normalized spacial score (nSPS) is 12.1. The fourth-order valence-corrected chi connectivity index (χ4v) is 1.58. The van der Waals surface area contributed by atoms with Crippen molar-refractivity contribution in [3.8, 4) is 0 Å². The zero-order chi connectivity index (χ0) is 17.2. The molecule has 0 aliphatic carbocycles. The summed E-state index contributed by atoms with van der Waals surface area (Å²) >= 11 is 0. The third-order valence-electron chi connectivity index (χ3n) is 3.59. The Labute approximate surface area is 134 Å². The molecule has 0 rings (SSSR count). The molecule has 0 radical (unpaired) electrons. The molecule has 0 spiro atoms. The predicted molar refractivity (Wildman–Crippen MR) is 86.7 cm³/mol. The van der Waals surface area contributed by atoms with Gasteiger partial charge in [-0.1, -0.05) is 0 Å². The Balaban J connectivity index is 3.66. The maximum atomic E-state index is 11.6. The van der Waals surface area contributed by atoms with Crippen molar-refractivity contribution in [2.24, 2.45) is 0 Å². The molecule has 6 nitrogen and oxygen atoms in total. The first-order chi connectivity index (χ1) is 10.1. The third-order valence-corrected chi connectivity index (χ3v) is 3.59. The van der Waals surface area contributed by atoms with Gasteiger partial charge in [0.15, 0.2) is 0 Å². The van der Waals surface area contributed by atoms with Gasteiger partial charge in [0.1, 0.15) is 0 Å². The van der Waals surface area contributed by atoms with E-state index in [1.54, 1.807) is 0 Å². The van der Waals surface area contributed by atoms with Gasteiger partial charge in [-0.25, -0.2) is 0 Å². The Morgan fingerprint density at radius 3 is 1.36 bits per heavy atom. The monoisotopic (exact) mass is 316 g/mol. The molecule has 130 valence electrons. The van der Waals surface area contributed by atoms with Gasteiger partial charge < -0.3 is 20.1 Å². The van der Waals surface area contributed by atoms with E-state index in [2.05, 4.69) is 10.6 Å². The van der Waals surface area contributed by atoms with E-state index in [-0.39, 0.29) is 23.0 Å². The fourth-order valence-electron chi connectivity index (χ4n) is 1.58. The molecule has 0 amide bonds. The van der Waals surface area contributed by atoms with Gasteiger partial charge in [0.25, 0.3) is 0 Å². The molecule has 22 heavy (non-hydrogen) atoms. The molecule has 0 bridgehead atoms. The second kappa shape index (κ2) is 9.79. The van der Waals surface area contributed by atoms with Gasteiger partial charge in [0.2, 0.25) is 0 Å². The van der Waals surface area contributed by atoms with Crippen molar-refractivity contribution in [1.29, 1.82) is 0 Å². The van der Waals surface area contributed by atoms with Crippen molar-refractivity contribution in [2.75, 3.05) is 27.3 Å². The average Bonchev–Trinajstić information content (AvgIpc) is 2.41. The van der Waals surface area contributed by atoms with Gasteiger partial charge in [-0.2, -0.15) is 0 Å². The molecule has 0 heterocycles. The quantitative estimate of drug-likeness (QED) is 0.446. The summed E-state index contributed by atoms with van der Waals surface area (Å²) in [6.45, 7) is 8.50. The predicted octanol–water partition coefficient (Wildman–Crippen LogP) is 1.63. The number of ether oxygens (including phenoxy) is 2. The van der Waals surface area contributed by atoms with E-state index in [1.165, 1.54) is 0 Å². The van der Waals surface area contributed by atoms with Crippen molar-refractivity contribution in [3.05, 3.63) is 0 Å². The number of carbonyl (C=O) groups excluding carboxylic acids is 2. The molecular formula is C16H32N2O4. The smallest absolute Gasteiger partial charge is 0.307 e. The van der Waals surface area contributed by atoms with Crippen LogP contribution in [0.3, 0.4) is 0 Å². The fraction of sp³-hybridized carbons (Fsp3) is 0.875. The summed E-state index contributed by atoms with van der Waals surface area (Å²) < 4.78 is 10.3. The first-order valence-electron chi connectivity index (χ1n) is 7.81. The molecule has 0 fully saturated rings. The van der Waals surface area contributed by atoms with Gasteiger partial charge >= 0.3 is 11.9 Å². The van der Waals surface area contributed by atoms with E-state index in [1.807, 2.05) is 41.8 Å². The van der Waals surface area contributed by atoms with E-state index >= 15 is 0 Å². The molecule has 0 atom stereocenters. The van der Waals surface area contributed by atoms with Crippen molar-refractivity contribution in [1.82, 2.24) is 10.6 Å².